The van der Waals surface area contributed by atoms with Crippen LogP contribution < -0.4 is 4.74 Å². The highest BCUT2D eigenvalue weighted by Crippen LogP contribution is 2.31. The lowest BCUT2D eigenvalue weighted by molar-refractivity contribution is 0.345. The molecule has 0 aliphatic rings. The maximum atomic E-state index is 5.43. The van der Waals surface area contributed by atoms with Gasteiger partial charge in [-0.2, -0.15) is 4.98 Å². The largest absolute Gasteiger partial charge is 0.479 e. The van der Waals surface area contributed by atoms with Gasteiger partial charge in [0.25, 0.3) is 5.88 Å². The van der Waals surface area contributed by atoms with Crippen LogP contribution in [0.4, 0.5) is 0 Å². The highest BCUT2D eigenvalue weighted by atomic mass is 16.5. The molecule has 0 aliphatic heterocycles. The van der Waals surface area contributed by atoms with Crippen molar-refractivity contribution < 1.29 is 9.15 Å². The average molecular weight is 169 g/mol. The zero-order chi connectivity index (χ0) is 9.35. The molecule has 0 saturated heterocycles. The molecule has 0 atom stereocenters. The Balaban J connectivity index is 3.13. The molecule has 0 N–H and O–H groups in total. The summed E-state index contributed by atoms with van der Waals surface area (Å²) in [6.45, 7) is 8.01. The number of ether oxygens (including phenoxy) is 1. The Hall–Kier alpha value is -0.990. The van der Waals surface area contributed by atoms with Crippen molar-refractivity contribution in [2.24, 2.45) is 0 Å². The first-order valence-electron chi connectivity index (χ1n) is 3.97. The summed E-state index contributed by atoms with van der Waals surface area (Å²) in [6, 6.07) is 0. The van der Waals surface area contributed by atoms with Crippen molar-refractivity contribution in [2.45, 2.75) is 33.1 Å². The van der Waals surface area contributed by atoms with Crippen LogP contribution in [0.1, 0.15) is 32.4 Å². The molecule has 1 aromatic heterocycles. The van der Waals surface area contributed by atoms with E-state index in [1.165, 1.54) is 0 Å². The van der Waals surface area contributed by atoms with Crippen LogP contribution in [0.5, 0.6) is 5.88 Å². The third-order valence-electron chi connectivity index (χ3n) is 1.58. The smallest absolute Gasteiger partial charge is 0.256 e. The van der Waals surface area contributed by atoms with Crippen LogP contribution in [0.25, 0.3) is 0 Å². The fourth-order valence-corrected chi connectivity index (χ4v) is 1.02. The molecular formula is C9H15NO2. The van der Waals surface area contributed by atoms with Gasteiger partial charge in [-0.05, 0) is 0 Å². The Morgan fingerprint density at radius 3 is 2.25 bits per heavy atom. The standard InChI is InChI=1S/C9H15NO2/c1-6-10-8(11-5)7(12-6)9(2,3)4/h1-5H3. The monoisotopic (exact) mass is 169 g/mol. The maximum absolute atomic E-state index is 5.43. The second-order valence-electron chi connectivity index (χ2n) is 3.82. The van der Waals surface area contributed by atoms with E-state index in [1.54, 1.807) is 7.11 Å². The Morgan fingerprint density at radius 1 is 1.33 bits per heavy atom. The van der Waals surface area contributed by atoms with E-state index >= 15 is 0 Å². The van der Waals surface area contributed by atoms with E-state index in [2.05, 4.69) is 25.8 Å². The first-order valence-corrected chi connectivity index (χ1v) is 3.97. The minimum atomic E-state index is -0.0490. The molecule has 1 aromatic rings. The molecule has 0 unspecified atom stereocenters. The molecule has 12 heavy (non-hydrogen) atoms. The number of aryl methyl sites for hydroxylation is 1. The second-order valence-corrected chi connectivity index (χ2v) is 3.82. The Morgan fingerprint density at radius 2 is 1.92 bits per heavy atom. The molecule has 0 spiro atoms. The fraction of sp³-hybridized carbons (Fsp3) is 0.667. The molecule has 0 fully saturated rings. The Kier molecular flexibility index (Phi) is 2.13. The summed E-state index contributed by atoms with van der Waals surface area (Å²) in [7, 11) is 1.60. The maximum Gasteiger partial charge on any atom is 0.256 e. The first-order chi connectivity index (χ1) is 5.45. The summed E-state index contributed by atoms with van der Waals surface area (Å²) in [5.74, 6) is 2.05. The zero-order valence-electron chi connectivity index (χ0n) is 8.26. The van der Waals surface area contributed by atoms with Crippen LogP contribution in [0.15, 0.2) is 4.42 Å². The van der Waals surface area contributed by atoms with Gasteiger partial charge in [-0.15, -0.1) is 0 Å². The van der Waals surface area contributed by atoms with Crippen molar-refractivity contribution in [1.82, 2.24) is 4.98 Å². The van der Waals surface area contributed by atoms with E-state index in [4.69, 9.17) is 9.15 Å². The van der Waals surface area contributed by atoms with Crippen LogP contribution in [0, 0.1) is 6.92 Å². The van der Waals surface area contributed by atoms with E-state index in [0.29, 0.717) is 11.8 Å². The van der Waals surface area contributed by atoms with Crippen molar-refractivity contribution in [3.63, 3.8) is 0 Å². The molecule has 0 aromatic carbocycles. The summed E-state index contributed by atoms with van der Waals surface area (Å²) >= 11 is 0. The lowest BCUT2D eigenvalue weighted by atomic mass is 9.94. The normalized spacial score (nSPS) is 11.8. The van der Waals surface area contributed by atoms with Gasteiger partial charge in [0.2, 0.25) is 0 Å². The molecule has 68 valence electrons. The van der Waals surface area contributed by atoms with Crippen LogP contribution in [0.2, 0.25) is 0 Å². The van der Waals surface area contributed by atoms with Crippen molar-refractivity contribution >= 4 is 0 Å². The van der Waals surface area contributed by atoms with Gasteiger partial charge < -0.3 is 9.15 Å². The molecule has 3 nitrogen and oxygen atoms in total. The molecular weight excluding hydrogens is 154 g/mol. The van der Waals surface area contributed by atoms with Crippen molar-refractivity contribution in [3.05, 3.63) is 11.7 Å². The summed E-state index contributed by atoms with van der Waals surface area (Å²) in [5, 5.41) is 0. The predicted molar refractivity (Wildman–Crippen MR) is 46.5 cm³/mol. The van der Waals surface area contributed by atoms with Crippen molar-refractivity contribution in [2.75, 3.05) is 7.11 Å². The summed E-state index contributed by atoms with van der Waals surface area (Å²) < 4.78 is 10.5. The lowest BCUT2D eigenvalue weighted by Gasteiger charge is -2.14. The number of rotatable bonds is 1. The van der Waals surface area contributed by atoms with Crippen LogP contribution >= 0.6 is 0 Å². The van der Waals surface area contributed by atoms with Crippen LogP contribution in [-0.2, 0) is 5.41 Å². The Bertz CT molecular complexity index is 271. The number of oxazole rings is 1. The van der Waals surface area contributed by atoms with E-state index < -0.39 is 0 Å². The van der Waals surface area contributed by atoms with Crippen LogP contribution in [0.3, 0.4) is 0 Å². The molecule has 0 bridgehead atoms. The third-order valence-corrected chi connectivity index (χ3v) is 1.58. The molecule has 0 aliphatic carbocycles. The lowest BCUT2D eigenvalue weighted by Crippen LogP contribution is -2.11. The summed E-state index contributed by atoms with van der Waals surface area (Å²) in [5.41, 5.74) is -0.0490. The Labute approximate surface area is 72.7 Å². The highest BCUT2D eigenvalue weighted by molar-refractivity contribution is 5.23. The highest BCUT2D eigenvalue weighted by Gasteiger charge is 2.24. The van der Waals surface area contributed by atoms with Gasteiger partial charge in [0.15, 0.2) is 11.7 Å². The van der Waals surface area contributed by atoms with Gasteiger partial charge in [-0.3, -0.25) is 0 Å². The second kappa shape index (κ2) is 2.81. The summed E-state index contributed by atoms with van der Waals surface area (Å²) in [4.78, 5) is 4.11. The molecule has 0 amide bonds. The number of hydrogen-bond acceptors (Lipinski definition) is 3. The van der Waals surface area contributed by atoms with Gasteiger partial charge >= 0.3 is 0 Å². The third kappa shape index (κ3) is 1.60. The van der Waals surface area contributed by atoms with Gasteiger partial charge in [0, 0.05) is 12.3 Å². The number of methoxy groups -OCH3 is 1. The van der Waals surface area contributed by atoms with Crippen LogP contribution in [-0.4, -0.2) is 12.1 Å². The topological polar surface area (TPSA) is 35.3 Å². The van der Waals surface area contributed by atoms with Gasteiger partial charge in [0.1, 0.15) is 0 Å². The number of nitrogens with zero attached hydrogens (tertiary/aromatic N) is 1. The number of aromatic nitrogens is 1. The first kappa shape index (κ1) is 9.10. The number of hydrogen-bond donors (Lipinski definition) is 0. The van der Waals surface area contributed by atoms with Gasteiger partial charge in [-0.1, -0.05) is 20.8 Å². The zero-order valence-corrected chi connectivity index (χ0v) is 8.26. The molecule has 0 saturated carbocycles. The van der Waals surface area contributed by atoms with Crippen molar-refractivity contribution in [3.8, 4) is 5.88 Å². The minimum Gasteiger partial charge on any atom is -0.479 e. The fourth-order valence-electron chi connectivity index (χ4n) is 1.02. The van der Waals surface area contributed by atoms with E-state index in [-0.39, 0.29) is 5.41 Å². The van der Waals surface area contributed by atoms with E-state index in [1.807, 2.05) is 6.92 Å². The molecule has 3 heteroatoms. The predicted octanol–water partition coefficient (Wildman–Crippen LogP) is 2.29. The van der Waals surface area contributed by atoms with Gasteiger partial charge in [0.05, 0.1) is 7.11 Å². The summed E-state index contributed by atoms with van der Waals surface area (Å²) in [6.07, 6.45) is 0. The molecule has 0 radical (unpaired) electrons. The van der Waals surface area contributed by atoms with E-state index in [9.17, 15) is 0 Å². The average Bonchev–Trinajstić information content (AvgIpc) is 2.29. The molecule has 1 rings (SSSR count). The SMILES string of the molecule is COc1nc(C)oc1C(C)(C)C. The van der Waals surface area contributed by atoms with Gasteiger partial charge in [-0.25, -0.2) is 0 Å². The minimum absolute atomic E-state index is 0.0490. The molecule has 1 heterocycles. The van der Waals surface area contributed by atoms with Crippen molar-refractivity contribution in [1.29, 1.82) is 0 Å². The van der Waals surface area contributed by atoms with E-state index in [0.717, 1.165) is 5.76 Å². The quantitative estimate of drug-likeness (QED) is 0.647.